The Kier molecular flexibility index (Phi) is 7.36. The van der Waals surface area contributed by atoms with E-state index in [0.717, 1.165) is 27.8 Å². The highest BCUT2D eigenvalue weighted by Gasteiger charge is 2.47. The van der Waals surface area contributed by atoms with Gasteiger partial charge in [-0.05, 0) is 61.3 Å². The Morgan fingerprint density at radius 3 is 1.49 bits per heavy atom. The zero-order chi connectivity index (χ0) is 35.2. The first kappa shape index (κ1) is 30.8. The lowest BCUT2D eigenvalue weighted by Gasteiger charge is -2.33. The van der Waals surface area contributed by atoms with Gasteiger partial charge in [0.15, 0.2) is 17.5 Å². The summed E-state index contributed by atoms with van der Waals surface area (Å²) in [4.78, 5) is 15.6. The van der Waals surface area contributed by atoms with E-state index in [9.17, 15) is 0 Å². The molecule has 8 aromatic carbocycles. The van der Waals surface area contributed by atoms with Crippen LogP contribution in [0.3, 0.4) is 0 Å². The molecule has 0 amide bonds. The molecule has 53 heavy (non-hydrogen) atoms. The van der Waals surface area contributed by atoms with E-state index in [0.29, 0.717) is 17.5 Å². The fourth-order valence-corrected chi connectivity index (χ4v) is 8.20. The fraction of sp³-hybridized carbons (Fsp3) is 0.0200. The van der Waals surface area contributed by atoms with E-state index in [1.165, 1.54) is 44.2 Å². The molecule has 248 valence electrons. The highest BCUT2D eigenvalue weighted by molar-refractivity contribution is 5.94. The molecule has 1 heterocycles. The van der Waals surface area contributed by atoms with Crippen LogP contribution in [0.1, 0.15) is 22.3 Å². The third-order valence-electron chi connectivity index (χ3n) is 10.6. The van der Waals surface area contributed by atoms with Crippen LogP contribution < -0.4 is 0 Å². The second kappa shape index (κ2) is 12.7. The summed E-state index contributed by atoms with van der Waals surface area (Å²) < 4.78 is 0. The Morgan fingerprint density at radius 2 is 0.792 bits per heavy atom. The largest absolute Gasteiger partial charge is 0.208 e. The third kappa shape index (κ3) is 5.09. The van der Waals surface area contributed by atoms with Gasteiger partial charge >= 0.3 is 0 Å². The number of hydrogen-bond donors (Lipinski definition) is 0. The van der Waals surface area contributed by atoms with E-state index in [2.05, 4.69) is 182 Å². The Hall–Kier alpha value is -6.97. The van der Waals surface area contributed by atoms with Crippen molar-refractivity contribution < 1.29 is 0 Å². The average Bonchev–Trinajstić information content (AvgIpc) is 3.56. The maximum absolute atomic E-state index is 5.26. The van der Waals surface area contributed by atoms with Crippen molar-refractivity contribution in [3.63, 3.8) is 0 Å². The molecule has 3 nitrogen and oxygen atoms in total. The van der Waals surface area contributed by atoms with Crippen molar-refractivity contribution in [2.45, 2.75) is 5.41 Å². The van der Waals surface area contributed by atoms with E-state index in [-0.39, 0.29) is 0 Å². The van der Waals surface area contributed by atoms with Gasteiger partial charge in [-0.3, -0.25) is 0 Å². The SMILES string of the molecule is c1ccc(-c2nc(-c3ccc(-c4ccc5ccccc5c4)cc3)nc(-c3cccc4c3-c3ccccc3C4(c3ccccc3)c3ccccc3)n2)cc1. The van der Waals surface area contributed by atoms with Gasteiger partial charge in [-0.1, -0.05) is 194 Å². The predicted molar refractivity (Wildman–Crippen MR) is 216 cm³/mol. The number of nitrogens with zero attached hydrogens (tertiary/aromatic N) is 3. The minimum Gasteiger partial charge on any atom is -0.208 e. The summed E-state index contributed by atoms with van der Waals surface area (Å²) in [5.74, 6) is 1.93. The molecule has 0 radical (unpaired) electrons. The molecule has 0 bridgehead atoms. The Bertz CT molecular complexity index is 2720. The first-order chi connectivity index (χ1) is 26.3. The molecule has 0 unspecified atom stereocenters. The van der Waals surface area contributed by atoms with Crippen molar-refractivity contribution >= 4 is 10.8 Å². The lowest BCUT2D eigenvalue weighted by molar-refractivity contribution is 0.768. The van der Waals surface area contributed by atoms with Crippen molar-refractivity contribution in [3.05, 3.63) is 222 Å². The standard InChI is InChI=1S/C50H33N3/c1-4-16-36(17-5-1)47-51-48(37-30-27-35(28-31-37)39-32-29-34-15-10-11-18-38(34)33-39)53-49(52-47)43-24-14-26-45-46(43)42-23-12-13-25-44(42)50(45,40-19-6-2-7-20-40)41-21-8-3-9-22-41/h1-33H. The van der Waals surface area contributed by atoms with Crippen molar-refractivity contribution in [1.29, 1.82) is 0 Å². The normalized spacial score (nSPS) is 12.7. The molecule has 0 fully saturated rings. The van der Waals surface area contributed by atoms with Gasteiger partial charge in [0.05, 0.1) is 5.41 Å². The van der Waals surface area contributed by atoms with E-state index in [4.69, 9.17) is 15.0 Å². The number of benzene rings is 8. The zero-order valence-electron chi connectivity index (χ0n) is 28.9. The molecule has 1 aliphatic carbocycles. The summed E-state index contributed by atoms with van der Waals surface area (Å²) in [6.07, 6.45) is 0. The van der Waals surface area contributed by atoms with Crippen LogP contribution in [0, 0.1) is 0 Å². The lowest BCUT2D eigenvalue weighted by atomic mass is 9.67. The second-order valence-corrected chi connectivity index (χ2v) is 13.6. The van der Waals surface area contributed by atoms with Gasteiger partial charge in [0, 0.05) is 16.7 Å². The van der Waals surface area contributed by atoms with Crippen molar-refractivity contribution in [2.24, 2.45) is 0 Å². The lowest BCUT2D eigenvalue weighted by Crippen LogP contribution is -2.28. The van der Waals surface area contributed by atoms with Crippen molar-refractivity contribution in [3.8, 4) is 56.4 Å². The molecule has 1 aliphatic rings. The van der Waals surface area contributed by atoms with Gasteiger partial charge in [-0.15, -0.1) is 0 Å². The van der Waals surface area contributed by atoms with Crippen LogP contribution in [0.15, 0.2) is 200 Å². The highest BCUT2D eigenvalue weighted by Crippen LogP contribution is 2.58. The molecular weight excluding hydrogens is 643 g/mol. The van der Waals surface area contributed by atoms with E-state index in [1.807, 2.05) is 18.2 Å². The molecule has 9 aromatic rings. The highest BCUT2D eigenvalue weighted by atomic mass is 15.0. The topological polar surface area (TPSA) is 38.7 Å². The van der Waals surface area contributed by atoms with Crippen LogP contribution in [-0.4, -0.2) is 15.0 Å². The quantitative estimate of drug-likeness (QED) is 0.176. The molecule has 0 saturated carbocycles. The summed E-state index contributed by atoms with van der Waals surface area (Å²) in [6, 6.07) is 71.0. The molecule has 3 heteroatoms. The van der Waals surface area contributed by atoms with Crippen molar-refractivity contribution in [2.75, 3.05) is 0 Å². The zero-order valence-corrected chi connectivity index (χ0v) is 28.9. The predicted octanol–water partition coefficient (Wildman–Crippen LogP) is 12.1. The van der Waals surface area contributed by atoms with Crippen LogP contribution in [0.4, 0.5) is 0 Å². The maximum Gasteiger partial charge on any atom is 0.164 e. The van der Waals surface area contributed by atoms with Gasteiger partial charge in [-0.2, -0.15) is 0 Å². The van der Waals surface area contributed by atoms with Crippen LogP contribution in [0.2, 0.25) is 0 Å². The number of rotatable bonds is 6. The Balaban J connectivity index is 1.17. The molecular formula is C50H33N3. The fourth-order valence-electron chi connectivity index (χ4n) is 8.20. The summed E-state index contributed by atoms with van der Waals surface area (Å²) in [6.45, 7) is 0. The minimum atomic E-state index is -0.513. The van der Waals surface area contributed by atoms with E-state index in [1.54, 1.807) is 0 Å². The third-order valence-corrected chi connectivity index (χ3v) is 10.6. The van der Waals surface area contributed by atoms with Gasteiger partial charge in [0.1, 0.15) is 0 Å². The van der Waals surface area contributed by atoms with Crippen LogP contribution in [0.5, 0.6) is 0 Å². The van der Waals surface area contributed by atoms with Crippen LogP contribution >= 0.6 is 0 Å². The minimum absolute atomic E-state index is 0.513. The smallest absolute Gasteiger partial charge is 0.164 e. The molecule has 0 spiro atoms. The molecule has 1 aromatic heterocycles. The van der Waals surface area contributed by atoms with Gasteiger partial charge in [-0.25, -0.2) is 15.0 Å². The molecule has 0 atom stereocenters. The van der Waals surface area contributed by atoms with Gasteiger partial charge < -0.3 is 0 Å². The number of fused-ring (bicyclic) bond motifs is 4. The molecule has 0 saturated heterocycles. The Labute approximate surface area is 309 Å². The summed E-state index contributed by atoms with van der Waals surface area (Å²) in [7, 11) is 0. The average molecular weight is 676 g/mol. The maximum atomic E-state index is 5.26. The van der Waals surface area contributed by atoms with Crippen molar-refractivity contribution in [1.82, 2.24) is 15.0 Å². The van der Waals surface area contributed by atoms with Gasteiger partial charge in [0.25, 0.3) is 0 Å². The monoisotopic (exact) mass is 675 g/mol. The summed E-state index contributed by atoms with van der Waals surface area (Å²) in [5.41, 5.74) is 11.9. The van der Waals surface area contributed by atoms with E-state index < -0.39 is 5.41 Å². The van der Waals surface area contributed by atoms with Crippen LogP contribution in [0.25, 0.3) is 67.2 Å². The molecule has 0 N–H and O–H groups in total. The van der Waals surface area contributed by atoms with Crippen LogP contribution in [-0.2, 0) is 5.41 Å². The summed E-state index contributed by atoms with van der Waals surface area (Å²) in [5, 5.41) is 2.46. The molecule has 0 aliphatic heterocycles. The summed E-state index contributed by atoms with van der Waals surface area (Å²) >= 11 is 0. The van der Waals surface area contributed by atoms with E-state index >= 15 is 0 Å². The second-order valence-electron chi connectivity index (χ2n) is 13.6. The number of hydrogen-bond acceptors (Lipinski definition) is 3. The Morgan fingerprint density at radius 1 is 0.302 bits per heavy atom. The molecule has 10 rings (SSSR count). The van der Waals surface area contributed by atoms with Gasteiger partial charge in [0.2, 0.25) is 0 Å². The number of aromatic nitrogens is 3. The first-order valence-electron chi connectivity index (χ1n) is 18.0. The first-order valence-corrected chi connectivity index (χ1v) is 18.0.